The smallest absolute Gasteiger partial charge is 0.273 e. The van der Waals surface area contributed by atoms with Gasteiger partial charge in [-0.3, -0.25) is 14.9 Å². The highest BCUT2D eigenvalue weighted by Crippen LogP contribution is 2.24. The average Bonchev–Trinajstić information content (AvgIpc) is 2.52. The maximum absolute atomic E-state index is 12.8. The molecule has 126 valence electrons. The topological polar surface area (TPSA) is 66.5 Å². The van der Waals surface area contributed by atoms with Crippen LogP contribution in [0.4, 0.5) is 10.5 Å². The van der Waals surface area contributed by atoms with E-state index in [0.717, 1.165) is 27.2 Å². The molecule has 1 fully saturated rings. The fraction of sp³-hybridized carbons (Fsp3) is 0.150. The first-order valence-electron chi connectivity index (χ1n) is 7.91. The van der Waals surface area contributed by atoms with Crippen LogP contribution >= 0.6 is 0 Å². The molecule has 25 heavy (non-hydrogen) atoms. The zero-order valence-electron chi connectivity index (χ0n) is 14.3. The second kappa shape index (κ2) is 6.36. The molecule has 4 amide bonds. The van der Waals surface area contributed by atoms with E-state index in [2.05, 4.69) is 5.32 Å². The van der Waals surface area contributed by atoms with E-state index in [1.54, 1.807) is 12.1 Å². The molecule has 1 heterocycles. The highest BCUT2D eigenvalue weighted by molar-refractivity contribution is 6.39. The third-order valence-electron chi connectivity index (χ3n) is 3.95. The third-order valence-corrected chi connectivity index (χ3v) is 3.95. The van der Waals surface area contributed by atoms with Crippen LogP contribution < -0.4 is 10.2 Å². The van der Waals surface area contributed by atoms with E-state index in [0.29, 0.717) is 5.69 Å². The molecule has 0 saturated carbocycles. The van der Waals surface area contributed by atoms with Gasteiger partial charge < -0.3 is 0 Å². The number of imide groups is 2. The Morgan fingerprint density at radius 1 is 0.840 bits per heavy atom. The highest BCUT2D eigenvalue weighted by atomic mass is 16.2. The number of benzene rings is 2. The second-order valence-electron chi connectivity index (χ2n) is 6.21. The van der Waals surface area contributed by atoms with Crippen LogP contribution in [-0.4, -0.2) is 17.8 Å². The Bertz CT molecular complexity index is 891. The largest absolute Gasteiger partial charge is 0.335 e. The fourth-order valence-electron chi connectivity index (χ4n) is 2.80. The predicted octanol–water partition coefficient (Wildman–Crippen LogP) is 3.28. The molecule has 0 aliphatic carbocycles. The molecule has 0 atom stereocenters. The first kappa shape index (κ1) is 16.6. The zero-order valence-corrected chi connectivity index (χ0v) is 14.3. The van der Waals surface area contributed by atoms with E-state index in [4.69, 9.17) is 0 Å². The van der Waals surface area contributed by atoms with Gasteiger partial charge in [-0.2, -0.15) is 0 Å². The number of hydrogen-bond donors (Lipinski definition) is 1. The summed E-state index contributed by atoms with van der Waals surface area (Å²) >= 11 is 0. The number of hydrogen-bond acceptors (Lipinski definition) is 3. The summed E-state index contributed by atoms with van der Waals surface area (Å²) in [6.45, 7) is 5.73. The Kier molecular flexibility index (Phi) is 4.23. The minimum absolute atomic E-state index is 0.0670. The Morgan fingerprint density at radius 3 is 2.04 bits per heavy atom. The summed E-state index contributed by atoms with van der Waals surface area (Å²) in [6.07, 6.45) is 1.50. The van der Waals surface area contributed by atoms with Gasteiger partial charge in [-0.1, -0.05) is 35.9 Å². The molecule has 1 aliphatic heterocycles. The van der Waals surface area contributed by atoms with Gasteiger partial charge in [-0.25, -0.2) is 9.69 Å². The van der Waals surface area contributed by atoms with Crippen LogP contribution in [0.1, 0.15) is 22.3 Å². The van der Waals surface area contributed by atoms with Gasteiger partial charge >= 0.3 is 6.03 Å². The van der Waals surface area contributed by atoms with Crippen LogP contribution in [0.3, 0.4) is 0 Å². The fourth-order valence-corrected chi connectivity index (χ4v) is 2.80. The van der Waals surface area contributed by atoms with Crippen molar-refractivity contribution < 1.29 is 14.4 Å². The van der Waals surface area contributed by atoms with Crippen LogP contribution in [0.15, 0.2) is 48.0 Å². The lowest BCUT2D eigenvalue weighted by Crippen LogP contribution is -2.54. The van der Waals surface area contributed by atoms with Gasteiger partial charge in [0.25, 0.3) is 11.8 Å². The molecule has 0 aromatic heterocycles. The third kappa shape index (κ3) is 3.35. The standard InChI is InChI=1S/C20H18N2O3/c1-12-4-6-15(7-5-12)11-17-18(23)21-20(25)22(19(17)24)16-9-13(2)8-14(3)10-16/h4-11H,1-3H3,(H,21,23,25)/b17-11+. The molecule has 3 rings (SSSR count). The number of amides is 4. The number of anilines is 1. The molecular formula is C20H18N2O3. The number of nitrogens with one attached hydrogen (secondary N) is 1. The maximum Gasteiger partial charge on any atom is 0.335 e. The van der Waals surface area contributed by atoms with E-state index in [1.807, 2.05) is 51.1 Å². The Labute approximate surface area is 146 Å². The van der Waals surface area contributed by atoms with Crippen molar-refractivity contribution in [2.24, 2.45) is 0 Å². The number of carbonyl (C=O) groups excluding carboxylic acids is 3. The van der Waals surface area contributed by atoms with E-state index >= 15 is 0 Å². The molecule has 1 aliphatic rings. The first-order valence-corrected chi connectivity index (χ1v) is 7.91. The number of barbiturate groups is 1. The summed E-state index contributed by atoms with van der Waals surface area (Å²) in [6, 6.07) is 12.1. The Hall–Kier alpha value is -3.21. The summed E-state index contributed by atoms with van der Waals surface area (Å²) in [5.41, 5.74) is 4.03. The van der Waals surface area contributed by atoms with Gasteiger partial charge in [0, 0.05) is 0 Å². The van der Waals surface area contributed by atoms with Gasteiger partial charge in [-0.05, 0) is 55.7 Å². The van der Waals surface area contributed by atoms with Gasteiger partial charge in [0.15, 0.2) is 0 Å². The van der Waals surface area contributed by atoms with Crippen LogP contribution in [0.2, 0.25) is 0 Å². The van der Waals surface area contributed by atoms with Crippen LogP contribution in [-0.2, 0) is 9.59 Å². The number of carbonyl (C=O) groups is 3. The predicted molar refractivity (Wildman–Crippen MR) is 96.1 cm³/mol. The van der Waals surface area contributed by atoms with Gasteiger partial charge in [0.2, 0.25) is 0 Å². The molecule has 0 bridgehead atoms. The lowest BCUT2D eigenvalue weighted by Gasteiger charge is -2.27. The van der Waals surface area contributed by atoms with Crippen LogP contribution in [0.25, 0.3) is 6.08 Å². The summed E-state index contributed by atoms with van der Waals surface area (Å²) < 4.78 is 0. The molecule has 5 nitrogen and oxygen atoms in total. The molecule has 0 unspecified atom stereocenters. The van der Waals surface area contributed by atoms with Gasteiger partial charge in [0.1, 0.15) is 5.57 Å². The van der Waals surface area contributed by atoms with Crippen molar-refractivity contribution in [1.82, 2.24) is 5.32 Å². The van der Waals surface area contributed by atoms with E-state index in [1.165, 1.54) is 6.08 Å². The monoisotopic (exact) mass is 334 g/mol. The quantitative estimate of drug-likeness (QED) is 0.677. The van der Waals surface area contributed by atoms with Crippen LogP contribution in [0, 0.1) is 20.8 Å². The van der Waals surface area contributed by atoms with Crippen molar-refractivity contribution >= 4 is 29.6 Å². The summed E-state index contributed by atoms with van der Waals surface area (Å²) in [7, 11) is 0. The van der Waals surface area contributed by atoms with Crippen molar-refractivity contribution in [3.05, 3.63) is 70.3 Å². The lowest BCUT2D eigenvalue weighted by molar-refractivity contribution is -0.122. The molecule has 0 spiro atoms. The Balaban J connectivity index is 2.03. The first-order chi connectivity index (χ1) is 11.8. The van der Waals surface area contributed by atoms with Gasteiger partial charge in [-0.15, -0.1) is 0 Å². The SMILES string of the molecule is Cc1ccc(/C=C2\C(=O)NC(=O)N(c3cc(C)cc(C)c3)C2=O)cc1. The molecule has 1 saturated heterocycles. The number of urea groups is 1. The van der Waals surface area contributed by atoms with E-state index in [9.17, 15) is 14.4 Å². The molecule has 0 radical (unpaired) electrons. The minimum Gasteiger partial charge on any atom is -0.273 e. The molecule has 1 N–H and O–H groups in total. The number of aryl methyl sites for hydroxylation is 3. The molecule has 2 aromatic rings. The molecular weight excluding hydrogens is 316 g/mol. The van der Waals surface area contributed by atoms with E-state index < -0.39 is 17.8 Å². The average molecular weight is 334 g/mol. The lowest BCUT2D eigenvalue weighted by atomic mass is 10.0. The van der Waals surface area contributed by atoms with E-state index in [-0.39, 0.29) is 5.57 Å². The highest BCUT2D eigenvalue weighted by Gasteiger charge is 2.36. The maximum atomic E-state index is 12.8. The minimum atomic E-state index is -0.735. The summed E-state index contributed by atoms with van der Waals surface area (Å²) in [4.78, 5) is 38.2. The number of nitrogens with zero attached hydrogens (tertiary/aromatic N) is 1. The van der Waals surface area contributed by atoms with Crippen molar-refractivity contribution in [2.45, 2.75) is 20.8 Å². The van der Waals surface area contributed by atoms with Crippen molar-refractivity contribution in [2.75, 3.05) is 4.90 Å². The van der Waals surface area contributed by atoms with Crippen LogP contribution in [0.5, 0.6) is 0 Å². The molecule has 2 aromatic carbocycles. The van der Waals surface area contributed by atoms with Gasteiger partial charge in [0.05, 0.1) is 5.69 Å². The summed E-state index contributed by atoms with van der Waals surface area (Å²) in [5.74, 6) is -1.31. The van der Waals surface area contributed by atoms with Crippen molar-refractivity contribution in [3.63, 3.8) is 0 Å². The number of rotatable bonds is 2. The van der Waals surface area contributed by atoms with Crippen molar-refractivity contribution in [1.29, 1.82) is 0 Å². The second-order valence-corrected chi connectivity index (χ2v) is 6.21. The van der Waals surface area contributed by atoms with Crippen molar-refractivity contribution in [3.8, 4) is 0 Å². The zero-order chi connectivity index (χ0) is 18.1. The normalized spacial score (nSPS) is 16.4. The Morgan fingerprint density at radius 2 is 1.44 bits per heavy atom. The molecule has 5 heteroatoms. The summed E-state index contributed by atoms with van der Waals surface area (Å²) in [5, 5.41) is 2.24.